The van der Waals surface area contributed by atoms with E-state index in [9.17, 15) is 5.11 Å². The Balaban J connectivity index is 2.89. The summed E-state index contributed by atoms with van der Waals surface area (Å²) >= 11 is 0. The fraction of sp³-hybridized carbons (Fsp3) is 0. The molecule has 0 amide bonds. The van der Waals surface area contributed by atoms with Crippen LogP contribution in [0, 0.1) is 0 Å². The zero-order valence-corrected chi connectivity index (χ0v) is 6.11. The van der Waals surface area contributed by atoms with Gasteiger partial charge in [0.05, 0.1) is 0 Å². The highest BCUT2D eigenvalue weighted by Gasteiger charge is 2.08. The van der Waals surface area contributed by atoms with Crippen molar-refractivity contribution in [2.75, 3.05) is 11.5 Å². The van der Waals surface area contributed by atoms with Gasteiger partial charge in [0, 0.05) is 0 Å². The summed E-state index contributed by atoms with van der Waals surface area (Å²) in [5.41, 5.74) is 11.9. The van der Waals surface area contributed by atoms with Crippen molar-refractivity contribution in [2.24, 2.45) is 0 Å². The van der Waals surface area contributed by atoms with Crippen molar-refractivity contribution >= 4 is 22.8 Å². The quantitative estimate of drug-likeness (QED) is 0.394. The molecule has 12 heavy (non-hydrogen) atoms. The van der Waals surface area contributed by atoms with Crippen LogP contribution >= 0.6 is 0 Å². The maximum absolute atomic E-state index is 9.18. The Bertz CT molecular complexity index is 435. The van der Waals surface area contributed by atoms with Gasteiger partial charge in [-0.2, -0.15) is 4.98 Å². The van der Waals surface area contributed by atoms with E-state index in [2.05, 4.69) is 4.98 Å². The Hall–Kier alpha value is -1.91. The second kappa shape index (κ2) is 2.04. The number of aromatic hydroxyl groups is 1. The third kappa shape index (κ3) is 0.763. The van der Waals surface area contributed by atoms with Crippen LogP contribution in [0.25, 0.3) is 11.1 Å². The van der Waals surface area contributed by atoms with E-state index in [4.69, 9.17) is 15.9 Å². The van der Waals surface area contributed by atoms with Crippen LogP contribution < -0.4 is 11.5 Å². The largest absolute Gasteiger partial charge is 0.506 e. The average Bonchev–Trinajstić information content (AvgIpc) is 2.39. The van der Waals surface area contributed by atoms with Crippen molar-refractivity contribution in [3.05, 3.63) is 12.1 Å². The van der Waals surface area contributed by atoms with Gasteiger partial charge in [0.1, 0.15) is 17.0 Å². The molecule has 0 saturated carbocycles. The first-order chi connectivity index (χ1) is 5.68. The number of phenols is 1. The van der Waals surface area contributed by atoms with E-state index in [1.165, 1.54) is 6.07 Å². The molecule has 0 unspecified atom stereocenters. The van der Waals surface area contributed by atoms with Gasteiger partial charge in [-0.15, -0.1) is 0 Å². The fourth-order valence-corrected chi connectivity index (χ4v) is 1.02. The predicted molar refractivity (Wildman–Crippen MR) is 44.5 cm³/mol. The molecule has 0 saturated heterocycles. The zero-order chi connectivity index (χ0) is 8.72. The smallest absolute Gasteiger partial charge is 0.293 e. The number of oxazole rings is 1. The first-order valence-corrected chi connectivity index (χ1v) is 3.32. The molecule has 2 rings (SSSR count). The van der Waals surface area contributed by atoms with Gasteiger partial charge in [-0.05, 0) is 12.1 Å². The molecule has 0 radical (unpaired) electrons. The Morgan fingerprint density at radius 2 is 2.08 bits per heavy atom. The number of nitrogens with zero attached hydrogens (tertiary/aromatic N) is 1. The molecule has 0 aliphatic rings. The number of rotatable bonds is 0. The molecule has 0 atom stereocenters. The van der Waals surface area contributed by atoms with Crippen molar-refractivity contribution in [1.29, 1.82) is 0 Å². The van der Waals surface area contributed by atoms with E-state index in [1.807, 2.05) is 0 Å². The number of aromatic nitrogens is 1. The predicted octanol–water partition coefficient (Wildman–Crippen LogP) is 0.698. The topological polar surface area (TPSA) is 98.3 Å². The van der Waals surface area contributed by atoms with Crippen LogP contribution in [0.15, 0.2) is 16.5 Å². The highest BCUT2D eigenvalue weighted by atomic mass is 16.4. The number of nitrogens with two attached hydrogens (primary N) is 2. The standard InChI is InChI=1S/C7H7N3O2/c8-5-3(11)1-2-4-6(5)10-7(9)12-4/h1-2,11H,8H2,(H2,9,10). The van der Waals surface area contributed by atoms with Gasteiger partial charge in [-0.1, -0.05) is 0 Å². The zero-order valence-electron chi connectivity index (χ0n) is 6.11. The number of fused-ring (bicyclic) bond motifs is 1. The molecule has 1 aromatic heterocycles. The molecule has 5 N–H and O–H groups in total. The number of benzene rings is 1. The molecule has 1 aromatic carbocycles. The second-order valence-electron chi connectivity index (χ2n) is 2.40. The molecule has 2 aromatic rings. The summed E-state index contributed by atoms with van der Waals surface area (Å²) in [7, 11) is 0. The maximum atomic E-state index is 9.18. The molecule has 0 spiro atoms. The fourth-order valence-electron chi connectivity index (χ4n) is 1.02. The van der Waals surface area contributed by atoms with Gasteiger partial charge in [0.25, 0.3) is 6.01 Å². The highest BCUT2D eigenvalue weighted by molar-refractivity contribution is 5.89. The number of nitrogen functional groups attached to an aromatic ring is 2. The molecule has 62 valence electrons. The summed E-state index contributed by atoms with van der Waals surface area (Å²) in [6.07, 6.45) is 0. The van der Waals surface area contributed by atoms with Gasteiger partial charge in [-0.3, -0.25) is 0 Å². The van der Waals surface area contributed by atoms with Crippen LogP contribution in [0.2, 0.25) is 0 Å². The summed E-state index contributed by atoms with van der Waals surface area (Å²) in [5.74, 6) is -0.0178. The molecular weight excluding hydrogens is 158 g/mol. The SMILES string of the molecule is Nc1nc2c(N)c(O)ccc2o1. The summed E-state index contributed by atoms with van der Waals surface area (Å²) in [6, 6.07) is 3.04. The Labute approximate surface area is 67.6 Å². The van der Waals surface area contributed by atoms with Crippen LogP contribution in [0.3, 0.4) is 0 Å². The third-order valence-corrected chi connectivity index (χ3v) is 1.59. The molecule has 0 aliphatic heterocycles. The molecular formula is C7H7N3O2. The second-order valence-corrected chi connectivity index (χ2v) is 2.40. The van der Waals surface area contributed by atoms with Gasteiger partial charge in [0.15, 0.2) is 5.58 Å². The Morgan fingerprint density at radius 1 is 1.33 bits per heavy atom. The maximum Gasteiger partial charge on any atom is 0.293 e. The first-order valence-electron chi connectivity index (χ1n) is 3.32. The van der Waals surface area contributed by atoms with Gasteiger partial charge in [0.2, 0.25) is 0 Å². The normalized spacial score (nSPS) is 10.7. The van der Waals surface area contributed by atoms with E-state index in [1.54, 1.807) is 6.07 Å². The lowest BCUT2D eigenvalue weighted by atomic mass is 10.2. The Kier molecular flexibility index (Phi) is 1.15. The molecule has 0 aliphatic carbocycles. The van der Waals surface area contributed by atoms with Crippen LogP contribution in [0.4, 0.5) is 11.7 Å². The van der Waals surface area contributed by atoms with Gasteiger partial charge >= 0.3 is 0 Å². The van der Waals surface area contributed by atoms with Crippen molar-refractivity contribution < 1.29 is 9.52 Å². The monoisotopic (exact) mass is 165 g/mol. The first kappa shape index (κ1) is 6.78. The number of phenolic OH excluding ortho intramolecular Hbond substituents is 1. The summed E-state index contributed by atoms with van der Waals surface area (Å²) in [4.78, 5) is 3.80. The van der Waals surface area contributed by atoms with Crippen molar-refractivity contribution in [1.82, 2.24) is 4.98 Å². The van der Waals surface area contributed by atoms with E-state index in [-0.39, 0.29) is 17.5 Å². The Morgan fingerprint density at radius 3 is 2.83 bits per heavy atom. The third-order valence-electron chi connectivity index (χ3n) is 1.59. The minimum Gasteiger partial charge on any atom is -0.506 e. The number of anilines is 2. The lowest BCUT2D eigenvalue weighted by Gasteiger charge is -1.95. The minimum atomic E-state index is -0.0178. The highest BCUT2D eigenvalue weighted by Crippen LogP contribution is 2.29. The van der Waals surface area contributed by atoms with Crippen LogP contribution in [0.1, 0.15) is 0 Å². The van der Waals surface area contributed by atoms with Gasteiger partial charge < -0.3 is 21.0 Å². The average molecular weight is 165 g/mol. The van der Waals surface area contributed by atoms with Crippen molar-refractivity contribution in [2.45, 2.75) is 0 Å². The lowest BCUT2D eigenvalue weighted by molar-refractivity contribution is 0.478. The number of hydrogen-bond acceptors (Lipinski definition) is 5. The summed E-state index contributed by atoms with van der Waals surface area (Å²) < 4.78 is 4.98. The van der Waals surface area contributed by atoms with Crippen LogP contribution in [0.5, 0.6) is 5.75 Å². The van der Waals surface area contributed by atoms with E-state index >= 15 is 0 Å². The van der Waals surface area contributed by atoms with Crippen molar-refractivity contribution in [3.63, 3.8) is 0 Å². The molecule has 0 fully saturated rings. The number of hydrogen-bond donors (Lipinski definition) is 3. The summed E-state index contributed by atoms with van der Waals surface area (Å²) in [6.45, 7) is 0. The van der Waals surface area contributed by atoms with E-state index in [0.29, 0.717) is 11.1 Å². The van der Waals surface area contributed by atoms with E-state index in [0.717, 1.165) is 0 Å². The minimum absolute atomic E-state index is 0.0178. The van der Waals surface area contributed by atoms with Gasteiger partial charge in [-0.25, -0.2) is 0 Å². The molecule has 5 nitrogen and oxygen atoms in total. The summed E-state index contributed by atoms with van der Waals surface area (Å²) in [5, 5.41) is 9.18. The van der Waals surface area contributed by atoms with Crippen LogP contribution in [-0.2, 0) is 0 Å². The molecule has 5 heteroatoms. The van der Waals surface area contributed by atoms with E-state index < -0.39 is 0 Å². The van der Waals surface area contributed by atoms with Crippen LogP contribution in [-0.4, -0.2) is 10.1 Å². The molecule has 1 heterocycles. The lowest BCUT2D eigenvalue weighted by Crippen LogP contribution is -1.87. The van der Waals surface area contributed by atoms with Crippen molar-refractivity contribution in [3.8, 4) is 5.75 Å². The molecule has 0 bridgehead atoms.